The molecule has 0 bridgehead atoms. The van der Waals surface area contributed by atoms with Crippen LogP contribution in [0.25, 0.3) is 0 Å². The van der Waals surface area contributed by atoms with Crippen molar-refractivity contribution in [1.29, 1.82) is 0 Å². The lowest BCUT2D eigenvalue weighted by Crippen LogP contribution is -2.29. The van der Waals surface area contributed by atoms with Crippen molar-refractivity contribution >= 4 is 66.2 Å². The average molecular weight is 554 g/mol. The van der Waals surface area contributed by atoms with Gasteiger partial charge in [-0.3, -0.25) is 13.8 Å². The summed E-state index contributed by atoms with van der Waals surface area (Å²) in [6, 6.07) is 16.1. The lowest BCUT2D eigenvalue weighted by atomic mass is 10.2. The molecule has 3 rings (SSSR count). The molecule has 184 valence electrons. The normalized spacial score (nSPS) is 11.5. The molecule has 2 N–H and O–H groups in total. The van der Waals surface area contributed by atoms with Gasteiger partial charge in [-0.1, -0.05) is 35.3 Å². The molecule has 0 fully saturated rings. The minimum atomic E-state index is -3.95. The fourth-order valence-electron chi connectivity index (χ4n) is 3.04. The number of carbonyl (C=O) groups excluding carboxylic acids is 1. The maximum absolute atomic E-state index is 12.7. The van der Waals surface area contributed by atoms with Gasteiger partial charge in [-0.05, 0) is 60.7 Å². The quantitative estimate of drug-likeness (QED) is 0.362. The summed E-state index contributed by atoms with van der Waals surface area (Å²) in [5.74, 6) is -0.453. The first-order chi connectivity index (χ1) is 16.4. The molecular formula is C23H21Cl2N3O5S2. The molecule has 35 heavy (non-hydrogen) atoms. The van der Waals surface area contributed by atoms with E-state index in [0.717, 1.165) is 10.6 Å². The molecule has 0 aromatic heterocycles. The van der Waals surface area contributed by atoms with Crippen molar-refractivity contribution in [2.24, 2.45) is 0 Å². The molecule has 0 saturated carbocycles. The highest BCUT2D eigenvalue weighted by molar-refractivity contribution is 7.92. The molecule has 8 nitrogen and oxygen atoms in total. The van der Waals surface area contributed by atoms with Crippen molar-refractivity contribution in [3.05, 3.63) is 95.0 Å². The predicted octanol–water partition coefficient (Wildman–Crippen LogP) is 5.00. The highest BCUT2D eigenvalue weighted by Gasteiger charge is 2.18. The smallest absolute Gasteiger partial charge is 0.261 e. The zero-order valence-corrected chi connectivity index (χ0v) is 21.5. The number of anilines is 3. The number of hydrogen-bond acceptors (Lipinski definition) is 5. The minimum Gasteiger partial charge on any atom is -0.322 e. The van der Waals surface area contributed by atoms with E-state index < -0.39 is 26.0 Å². The van der Waals surface area contributed by atoms with Crippen LogP contribution in [-0.2, 0) is 20.0 Å². The first-order valence-corrected chi connectivity index (χ1v) is 14.1. The standard InChI is InChI=1S/C23H21Cl2N3O5S2/c1-3-15-28(34(2,30)31)18-11-7-16(8-12-18)23(29)26-17-9-13-19(14-10-17)35(32,33)27-21-6-4-5-20(24)22(21)25/h3-14,27H,1,15H2,2H3,(H,26,29). The number of benzene rings is 3. The molecule has 0 aliphatic carbocycles. The Balaban J connectivity index is 1.72. The molecule has 0 aliphatic rings. The molecule has 0 aliphatic heterocycles. The molecule has 3 aromatic carbocycles. The van der Waals surface area contributed by atoms with Gasteiger partial charge < -0.3 is 5.32 Å². The van der Waals surface area contributed by atoms with Crippen LogP contribution in [0.4, 0.5) is 17.1 Å². The molecule has 12 heteroatoms. The van der Waals surface area contributed by atoms with Gasteiger partial charge in [0.15, 0.2) is 0 Å². The van der Waals surface area contributed by atoms with E-state index in [9.17, 15) is 21.6 Å². The van der Waals surface area contributed by atoms with Crippen LogP contribution >= 0.6 is 23.2 Å². The first-order valence-electron chi connectivity index (χ1n) is 9.99. The van der Waals surface area contributed by atoms with Crippen molar-refractivity contribution in [2.45, 2.75) is 4.90 Å². The third-order valence-electron chi connectivity index (χ3n) is 4.73. The van der Waals surface area contributed by atoms with E-state index in [1.807, 2.05) is 0 Å². The summed E-state index contributed by atoms with van der Waals surface area (Å²) < 4.78 is 52.8. The number of sulfonamides is 2. The predicted molar refractivity (Wildman–Crippen MR) is 140 cm³/mol. The Bertz CT molecular complexity index is 1460. The molecule has 0 spiro atoms. The van der Waals surface area contributed by atoms with Gasteiger partial charge in [0.05, 0.1) is 39.1 Å². The number of rotatable bonds is 9. The van der Waals surface area contributed by atoms with Crippen LogP contribution in [0.3, 0.4) is 0 Å². The van der Waals surface area contributed by atoms with Gasteiger partial charge in [0.2, 0.25) is 10.0 Å². The van der Waals surface area contributed by atoms with Gasteiger partial charge in [-0.15, -0.1) is 6.58 Å². The molecule has 0 saturated heterocycles. The van der Waals surface area contributed by atoms with Gasteiger partial charge >= 0.3 is 0 Å². The van der Waals surface area contributed by atoms with E-state index in [-0.39, 0.29) is 32.7 Å². The highest BCUT2D eigenvalue weighted by Crippen LogP contribution is 2.31. The highest BCUT2D eigenvalue weighted by atomic mass is 35.5. The molecule has 3 aromatic rings. The lowest BCUT2D eigenvalue weighted by Gasteiger charge is -2.20. The van der Waals surface area contributed by atoms with Gasteiger partial charge in [-0.25, -0.2) is 16.8 Å². The van der Waals surface area contributed by atoms with E-state index in [1.165, 1.54) is 66.7 Å². The summed E-state index contributed by atoms with van der Waals surface area (Å²) >= 11 is 12.0. The second-order valence-corrected chi connectivity index (χ2v) is 11.7. The molecule has 0 atom stereocenters. The van der Waals surface area contributed by atoms with Crippen LogP contribution < -0.4 is 14.3 Å². The molecular weight excluding hydrogens is 533 g/mol. The van der Waals surface area contributed by atoms with Gasteiger partial charge in [-0.2, -0.15) is 0 Å². The van der Waals surface area contributed by atoms with Gasteiger partial charge in [0.25, 0.3) is 15.9 Å². The van der Waals surface area contributed by atoms with Crippen LogP contribution in [-0.4, -0.2) is 35.5 Å². The van der Waals surface area contributed by atoms with E-state index in [1.54, 1.807) is 6.07 Å². The largest absolute Gasteiger partial charge is 0.322 e. The van der Waals surface area contributed by atoms with Crippen molar-refractivity contribution in [2.75, 3.05) is 27.1 Å². The van der Waals surface area contributed by atoms with Crippen molar-refractivity contribution in [3.8, 4) is 0 Å². The number of halogens is 2. The van der Waals surface area contributed by atoms with Crippen LogP contribution in [0.2, 0.25) is 10.0 Å². The minimum absolute atomic E-state index is 0.0426. The van der Waals surface area contributed by atoms with Crippen LogP contribution in [0.5, 0.6) is 0 Å². The summed E-state index contributed by atoms with van der Waals surface area (Å²) in [6.45, 7) is 3.65. The Hall–Kier alpha value is -3.05. The van der Waals surface area contributed by atoms with Crippen LogP contribution in [0.1, 0.15) is 10.4 Å². The monoisotopic (exact) mass is 553 g/mol. The number of carbonyl (C=O) groups is 1. The third kappa shape index (κ3) is 6.55. The SMILES string of the molecule is C=CCN(c1ccc(C(=O)Nc2ccc(S(=O)(=O)Nc3cccc(Cl)c3Cl)cc2)cc1)S(C)(=O)=O. The van der Waals surface area contributed by atoms with E-state index in [0.29, 0.717) is 11.4 Å². The molecule has 1 amide bonds. The van der Waals surface area contributed by atoms with E-state index in [2.05, 4.69) is 16.6 Å². The Morgan fingerprint density at radius 2 is 1.60 bits per heavy atom. The molecule has 0 unspecified atom stereocenters. The summed E-state index contributed by atoms with van der Waals surface area (Å²) in [4.78, 5) is 12.6. The van der Waals surface area contributed by atoms with Crippen LogP contribution in [0.15, 0.2) is 84.3 Å². The fourth-order valence-corrected chi connectivity index (χ4v) is 5.39. The van der Waals surface area contributed by atoms with Crippen molar-refractivity contribution < 1.29 is 21.6 Å². The Kier molecular flexibility index (Phi) is 8.11. The Labute approximate surface area is 214 Å². The zero-order valence-electron chi connectivity index (χ0n) is 18.4. The number of nitrogens with zero attached hydrogens (tertiary/aromatic N) is 1. The topological polar surface area (TPSA) is 113 Å². The molecule has 0 heterocycles. The second kappa shape index (κ2) is 10.7. The van der Waals surface area contributed by atoms with Crippen molar-refractivity contribution in [3.63, 3.8) is 0 Å². The van der Waals surface area contributed by atoms with E-state index >= 15 is 0 Å². The summed E-state index contributed by atoms with van der Waals surface area (Å²) in [7, 11) is -7.46. The number of amides is 1. The Morgan fingerprint density at radius 3 is 2.17 bits per heavy atom. The Morgan fingerprint density at radius 1 is 0.971 bits per heavy atom. The maximum atomic E-state index is 12.7. The summed E-state index contributed by atoms with van der Waals surface area (Å²) in [5.41, 5.74) is 1.19. The fraction of sp³-hybridized carbons (Fsp3) is 0.0870. The van der Waals surface area contributed by atoms with Crippen LogP contribution in [0, 0.1) is 0 Å². The first kappa shape index (κ1) is 26.6. The molecule has 0 radical (unpaired) electrons. The average Bonchev–Trinajstić information content (AvgIpc) is 2.80. The number of hydrogen-bond donors (Lipinski definition) is 2. The lowest BCUT2D eigenvalue weighted by molar-refractivity contribution is 0.102. The second-order valence-electron chi connectivity index (χ2n) is 7.32. The maximum Gasteiger partial charge on any atom is 0.261 e. The zero-order chi connectivity index (χ0) is 25.8. The van der Waals surface area contributed by atoms with Crippen molar-refractivity contribution in [1.82, 2.24) is 0 Å². The summed E-state index contributed by atoms with van der Waals surface area (Å²) in [5, 5.41) is 2.96. The van der Waals surface area contributed by atoms with Gasteiger partial charge in [0.1, 0.15) is 0 Å². The summed E-state index contributed by atoms with van der Waals surface area (Å²) in [6.07, 6.45) is 2.55. The third-order valence-corrected chi connectivity index (χ3v) is 8.09. The van der Waals surface area contributed by atoms with E-state index in [4.69, 9.17) is 23.2 Å². The van der Waals surface area contributed by atoms with Gasteiger partial charge in [0, 0.05) is 11.3 Å². The number of nitrogens with one attached hydrogen (secondary N) is 2.